The molecule has 1 aliphatic carbocycles. The van der Waals surface area contributed by atoms with Crippen LogP contribution in [0.5, 0.6) is 0 Å². The Balaban J connectivity index is 2.23. The summed E-state index contributed by atoms with van der Waals surface area (Å²) in [5.74, 6) is 0.829. The van der Waals surface area contributed by atoms with Crippen molar-refractivity contribution in [2.75, 3.05) is 11.5 Å². The number of nitriles is 2. The fourth-order valence-electron chi connectivity index (χ4n) is 3.94. The molecular formula is C17H17FN4S2. The van der Waals surface area contributed by atoms with Gasteiger partial charge in [-0.15, -0.1) is 23.5 Å². The van der Waals surface area contributed by atoms with E-state index in [9.17, 15) is 14.9 Å². The number of thioether (sulfide) groups is 2. The Labute approximate surface area is 149 Å². The molecule has 1 saturated carbocycles. The quantitative estimate of drug-likeness (QED) is 0.813. The molecule has 0 bridgehead atoms. The van der Waals surface area contributed by atoms with Crippen molar-refractivity contribution in [3.63, 3.8) is 0 Å². The van der Waals surface area contributed by atoms with Gasteiger partial charge in [-0.2, -0.15) is 10.5 Å². The highest BCUT2D eigenvalue weighted by atomic mass is 32.2. The normalized spacial score (nSPS) is 32.4. The van der Waals surface area contributed by atoms with Gasteiger partial charge in [0.15, 0.2) is 4.20 Å². The minimum absolute atomic E-state index is 0.197. The molecule has 4 nitrogen and oxygen atoms in total. The molecule has 3 unspecified atom stereocenters. The highest BCUT2D eigenvalue weighted by molar-refractivity contribution is 8.18. The first-order valence-corrected chi connectivity index (χ1v) is 9.68. The zero-order valence-electron chi connectivity index (χ0n) is 13.4. The number of fused-ring (bicyclic) bond motifs is 1. The summed E-state index contributed by atoms with van der Waals surface area (Å²) in [6, 6.07) is 10.8. The molecule has 0 amide bonds. The molecule has 1 heterocycles. The van der Waals surface area contributed by atoms with Gasteiger partial charge in [0.1, 0.15) is 22.5 Å². The van der Waals surface area contributed by atoms with Crippen LogP contribution in [-0.4, -0.2) is 21.5 Å². The van der Waals surface area contributed by atoms with Crippen LogP contribution in [0.25, 0.3) is 0 Å². The molecule has 0 radical (unpaired) electrons. The van der Waals surface area contributed by atoms with Crippen LogP contribution >= 0.6 is 23.5 Å². The summed E-state index contributed by atoms with van der Waals surface area (Å²) in [6.45, 7) is 3.98. The number of nitrogens with zero attached hydrogens (tertiary/aromatic N) is 3. The minimum Gasteiger partial charge on any atom is -0.386 e. The van der Waals surface area contributed by atoms with Gasteiger partial charge in [-0.25, -0.2) is 9.38 Å². The Morgan fingerprint density at radius 2 is 1.92 bits per heavy atom. The second-order valence-corrected chi connectivity index (χ2v) is 8.94. The zero-order valence-corrected chi connectivity index (χ0v) is 15.0. The van der Waals surface area contributed by atoms with E-state index < -0.39 is 21.0 Å². The largest absolute Gasteiger partial charge is 0.386 e. The second-order valence-electron chi connectivity index (χ2n) is 5.77. The maximum atomic E-state index is 13.7. The van der Waals surface area contributed by atoms with Gasteiger partial charge in [-0.3, -0.25) is 0 Å². The van der Waals surface area contributed by atoms with Gasteiger partial charge in [0.25, 0.3) is 0 Å². The number of amidine groups is 1. The maximum Gasteiger partial charge on any atom is 0.175 e. The number of aliphatic imine (C=N–C) groups is 1. The van der Waals surface area contributed by atoms with Crippen LogP contribution in [0.2, 0.25) is 0 Å². The van der Waals surface area contributed by atoms with E-state index in [4.69, 9.17) is 5.73 Å². The first kappa shape index (κ1) is 17.1. The smallest absolute Gasteiger partial charge is 0.175 e. The molecule has 1 fully saturated rings. The minimum atomic E-state index is -1.18. The molecule has 3 rings (SSSR count). The van der Waals surface area contributed by atoms with Gasteiger partial charge in [0.2, 0.25) is 0 Å². The molecule has 7 heteroatoms. The molecule has 1 aromatic rings. The lowest BCUT2D eigenvalue weighted by atomic mass is 9.97. The molecule has 124 valence electrons. The Kier molecular flexibility index (Phi) is 4.06. The van der Waals surface area contributed by atoms with E-state index in [1.165, 1.54) is 35.7 Å². The van der Waals surface area contributed by atoms with Crippen LogP contribution in [0.3, 0.4) is 0 Å². The Hall–Kier alpha value is -1.70. The number of halogens is 1. The van der Waals surface area contributed by atoms with Crippen molar-refractivity contribution < 1.29 is 4.39 Å². The molecule has 24 heavy (non-hydrogen) atoms. The van der Waals surface area contributed by atoms with E-state index in [0.29, 0.717) is 5.56 Å². The number of nitrogens with two attached hydrogens (primary N) is 1. The van der Waals surface area contributed by atoms with E-state index in [-0.39, 0.29) is 11.7 Å². The van der Waals surface area contributed by atoms with E-state index in [2.05, 4.69) is 17.1 Å². The Bertz CT molecular complexity index is 791. The van der Waals surface area contributed by atoms with Gasteiger partial charge in [0, 0.05) is 5.92 Å². The lowest BCUT2D eigenvalue weighted by molar-refractivity contribution is 0.562. The fourth-order valence-corrected chi connectivity index (χ4v) is 7.19. The van der Waals surface area contributed by atoms with E-state index in [0.717, 1.165) is 11.5 Å². The van der Waals surface area contributed by atoms with Crippen molar-refractivity contribution >= 4 is 29.4 Å². The number of hydrogen-bond donors (Lipinski definition) is 1. The lowest BCUT2D eigenvalue weighted by Gasteiger charge is -2.31. The average Bonchev–Trinajstić information content (AvgIpc) is 3.14. The van der Waals surface area contributed by atoms with Gasteiger partial charge in [-0.05, 0) is 29.2 Å². The summed E-state index contributed by atoms with van der Waals surface area (Å²) in [5.41, 5.74) is 4.56. The zero-order chi connectivity index (χ0) is 17.6. The van der Waals surface area contributed by atoms with E-state index in [1.54, 1.807) is 12.1 Å². The monoisotopic (exact) mass is 360 g/mol. The Morgan fingerprint density at radius 1 is 1.25 bits per heavy atom. The summed E-state index contributed by atoms with van der Waals surface area (Å²) in [6.07, 6.45) is 0. The molecule has 0 aromatic heterocycles. The van der Waals surface area contributed by atoms with Gasteiger partial charge in [0.05, 0.1) is 12.1 Å². The van der Waals surface area contributed by atoms with Crippen LogP contribution in [0.4, 0.5) is 4.39 Å². The van der Waals surface area contributed by atoms with Gasteiger partial charge >= 0.3 is 0 Å². The Morgan fingerprint density at radius 3 is 2.42 bits per heavy atom. The van der Waals surface area contributed by atoms with Crippen molar-refractivity contribution in [3.05, 3.63) is 35.6 Å². The summed E-state index contributed by atoms with van der Waals surface area (Å²) >= 11 is 3.06. The molecule has 0 saturated heterocycles. The van der Waals surface area contributed by atoms with Crippen molar-refractivity contribution in [2.45, 2.75) is 24.0 Å². The molecule has 3 atom stereocenters. The molecule has 1 aromatic carbocycles. The summed E-state index contributed by atoms with van der Waals surface area (Å²) < 4.78 is 12.9. The third-order valence-electron chi connectivity index (χ3n) is 4.79. The topological polar surface area (TPSA) is 86.0 Å². The summed E-state index contributed by atoms with van der Waals surface area (Å²) in [5, 5.41) is 20.0. The predicted octanol–water partition coefficient (Wildman–Crippen LogP) is 3.47. The molecule has 1 aliphatic heterocycles. The van der Waals surface area contributed by atoms with E-state index >= 15 is 0 Å². The summed E-state index contributed by atoms with van der Waals surface area (Å²) in [4.78, 5) is 4.60. The van der Waals surface area contributed by atoms with Crippen LogP contribution in [0.1, 0.15) is 25.3 Å². The molecule has 0 spiro atoms. The van der Waals surface area contributed by atoms with Crippen molar-refractivity contribution in [3.8, 4) is 12.1 Å². The standard InChI is InChI=1S/C17H17FN4S2/c1-3-23-17(24-4-2)16(10-20)13(11-6-5-7-12(18)8-11)15(16,9-19)14(21)22-17/h5-8,13H,3-4H2,1-2H3,(H2,21,22). The van der Waals surface area contributed by atoms with Crippen molar-refractivity contribution in [2.24, 2.45) is 21.6 Å². The SMILES string of the molecule is CCSC1(SCC)N=C(N)C2(C#N)C(c3cccc(F)c3)C12C#N. The van der Waals surface area contributed by atoms with E-state index in [1.807, 2.05) is 13.8 Å². The third-order valence-corrected chi connectivity index (χ3v) is 7.68. The number of benzene rings is 1. The number of rotatable bonds is 5. The lowest BCUT2D eigenvalue weighted by Crippen LogP contribution is -2.31. The third kappa shape index (κ3) is 1.77. The number of hydrogen-bond acceptors (Lipinski definition) is 6. The maximum absolute atomic E-state index is 13.7. The van der Waals surface area contributed by atoms with Crippen LogP contribution < -0.4 is 5.73 Å². The highest BCUT2D eigenvalue weighted by Gasteiger charge is 2.91. The first-order valence-electron chi connectivity index (χ1n) is 7.71. The first-order chi connectivity index (χ1) is 11.5. The predicted molar refractivity (Wildman–Crippen MR) is 95.9 cm³/mol. The van der Waals surface area contributed by atoms with Crippen LogP contribution in [0, 0.1) is 39.3 Å². The van der Waals surface area contributed by atoms with Gasteiger partial charge < -0.3 is 5.73 Å². The highest BCUT2D eigenvalue weighted by Crippen LogP contribution is 2.85. The molecule has 2 aliphatic rings. The fraction of sp³-hybridized carbons (Fsp3) is 0.471. The van der Waals surface area contributed by atoms with Crippen molar-refractivity contribution in [1.29, 1.82) is 10.5 Å². The molecular weight excluding hydrogens is 343 g/mol. The summed E-state index contributed by atoms with van der Waals surface area (Å²) in [7, 11) is 0. The van der Waals surface area contributed by atoms with Crippen molar-refractivity contribution in [1.82, 2.24) is 0 Å². The average molecular weight is 360 g/mol. The van der Waals surface area contributed by atoms with Crippen LogP contribution in [0.15, 0.2) is 29.3 Å². The van der Waals surface area contributed by atoms with Crippen LogP contribution in [-0.2, 0) is 0 Å². The second kappa shape index (κ2) is 5.68. The van der Waals surface area contributed by atoms with Gasteiger partial charge in [-0.1, -0.05) is 26.0 Å². The molecule has 2 N–H and O–H groups in total.